The van der Waals surface area contributed by atoms with Crippen LogP contribution in [-0.2, 0) is 6.61 Å². The molecule has 0 bridgehead atoms. The fraction of sp³-hybridized carbons (Fsp3) is 0.250. The summed E-state index contributed by atoms with van der Waals surface area (Å²) in [5.74, 6) is 0. The van der Waals surface area contributed by atoms with Crippen LogP contribution in [-0.4, -0.2) is 19.7 Å². The van der Waals surface area contributed by atoms with Crippen LogP contribution in [0.5, 0.6) is 0 Å². The molecule has 4 heteroatoms. The molecular formula is C8H9N3O. The molecule has 0 aliphatic carbocycles. The fourth-order valence-corrected chi connectivity index (χ4v) is 1.10. The number of rotatable bonds is 1. The lowest BCUT2D eigenvalue weighted by atomic mass is 10.4. The third-order valence-electron chi connectivity index (χ3n) is 1.67. The van der Waals surface area contributed by atoms with Crippen LogP contribution in [0.15, 0.2) is 18.3 Å². The molecule has 0 saturated carbocycles. The van der Waals surface area contributed by atoms with E-state index < -0.39 is 0 Å². The van der Waals surface area contributed by atoms with Gasteiger partial charge in [-0.15, -0.1) is 0 Å². The Hall–Kier alpha value is -1.42. The van der Waals surface area contributed by atoms with Gasteiger partial charge in [-0.2, -0.15) is 5.10 Å². The van der Waals surface area contributed by atoms with E-state index in [1.165, 1.54) is 0 Å². The van der Waals surface area contributed by atoms with Crippen molar-refractivity contribution in [3.8, 4) is 0 Å². The largest absolute Gasteiger partial charge is 0.390 e. The van der Waals surface area contributed by atoms with Gasteiger partial charge in [0.15, 0.2) is 5.65 Å². The zero-order valence-corrected chi connectivity index (χ0v) is 6.73. The van der Waals surface area contributed by atoms with Crippen molar-refractivity contribution in [3.63, 3.8) is 0 Å². The molecule has 2 aromatic rings. The van der Waals surface area contributed by atoms with Gasteiger partial charge in [-0.3, -0.25) is 0 Å². The molecule has 0 aromatic carbocycles. The van der Waals surface area contributed by atoms with Gasteiger partial charge in [0.1, 0.15) is 0 Å². The maximum atomic E-state index is 8.80. The molecular weight excluding hydrogens is 154 g/mol. The summed E-state index contributed by atoms with van der Waals surface area (Å²) in [5.41, 5.74) is 2.35. The minimum atomic E-state index is -0.0393. The average Bonchev–Trinajstić information content (AvgIpc) is 2.46. The van der Waals surface area contributed by atoms with Gasteiger partial charge in [-0.05, 0) is 19.1 Å². The SMILES string of the molecule is Cc1ccc2nc(CO)cn2n1. The molecule has 2 rings (SSSR count). The van der Waals surface area contributed by atoms with Gasteiger partial charge in [0.05, 0.1) is 24.2 Å². The molecule has 12 heavy (non-hydrogen) atoms. The summed E-state index contributed by atoms with van der Waals surface area (Å²) in [6.45, 7) is 1.88. The van der Waals surface area contributed by atoms with Crippen molar-refractivity contribution in [2.45, 2.75) is 13.5 Å². The summed E-state index contributed by atoms with van der Waals surface area (Å²) in [4.78, 5) is 4.12. The van der Waals surface area contributed by atoms with Gasteiger partial charge in [0.25, 0.3) is 0 Å². The highest BCUT2D eigenvalue weighted by Gasteiger charge is 1.99. The van der Waals surface area contributed by atoms with Gasteiger partial charge in [0, 0.05) is 0 Å². The van der Waals surface area contributed by atoms with Gasteiger partial charge >= 0.3 is 0 Å². The fourth-order valence-electron chi connectivity index (χ4n) is 1.10. The number of aliphatic hydroxyl groups is 1. The van der Waals surface area contributed by atoms with Crippen molar-refractivity contribution >= 4 is 5.65 Å². The number of aryl methyl sites for hydroxylation is 1. The molecule has 62 valence electrons. The standard InChI is InChI=1S/C8H9N3O/c1-6-2-3-8-9-7(5-12)4-11(8)10-6/h2-4,12H,5H2,1H3. The number of hydrogen-bond acceptors (Lipinski definition) is 3. The highest BCUT2D eigenvalue weighted by molar-refractivity contribution is 5.38. The molecule has 0 atom stereocenters. The van der Waals surface area contributed by atoms with Crippen LogP contribution in [0.2, 0.25) is 0 Å². The van der Waals surface area contributed by atoms with Crippen molar-refractivity contribution in [1.82, 2.24) is 14.6 Å². The number of aromatic nitrogens is 3. The molecule has 0 amide bonds. The summed E-state index contributed by atoms with van der Waals surface area (Å²) in [5, 5.41) is 13.0. The Morgan fingerprint density at radius 3 is 3.08 bits per heavy atom. The lowest BCUT2D eigenvalue weighted by Gasteiger charge is -1.91. The molecule has 1 N–H and O–H groups in total. The quantitative estimate of drug-likeness (QED) is 0.667. The summed E-state index contributed by atoms with van der Waals surface area (Å²) in [6.07, 6.45) is 1.72. The van der Waals surface area contributed by atoms with Crippen molar-refractivity contribution in [3.05, 3.63) is 29.7 Å². The predicted molar refractivity (Wildman–Crippen MR) is 43.6 cm³/mol. The van der Waals surface area contributed by atoms with E-state index >= 15 is 0 Å². The topological polar surface area (TPSA) is 50.4 Å². The molecule has 0 saturated heterocycles. The first-order chi connectivity index (χ1) is 5.79. The van der Waals surface area contributed by atoms with Gasteiger partial charge in [-0.1, -0.05) is 0 Å². The maximum absolute atomic E-state index is 8.80. The molecule has 0 fully saturated rings. The Bertz CT molecular complexity index is 408. The third kappa shape index (κ3) is 1.06. The second-order valence-electron chi connectivity index (χ2n) is 2.67. The van der Waals surface area contributed by atoms with E-state index in [-0.39, 0.29) is 6.61 Å². The van der Waals surface area contributed by atoms with Crippen LogP contribution in [0.4, 0.5) is 0 Å². The lowest BCUT2D eigenvalue weighted by molar-refractivity contribution is 0.277. The number of imidazole rings is 1. The van der Waals surface area contributed by atoms with Crippen molar-refractivity contribution in [2.24, 2.45) is 0 Å². The van der Waals surface area contributed by atoms with E-state index in [1.807, 2.05) is 19.1 Å². The number of fused-ring (bicyclic) bond motifs is 1. The molecule has 0 aliphatic rings. The van der Waals surface area contributed by atoms with E-state index in [9.17, 15) is 0 Å². The smallest absolute Gasteiger partial charge is 0.153 e. The molecule has 0 spiro atoms. The third-order valence-corrected chi connectivity index (χ3v) is 1.67. The first-order valence-electron chi connectivity index (χ1n) is 3.72. The number of nitrogens with zero attached hydrogens (tertiary/aromatic N) is 3. The summed E-state index contributed by atoms with van der Waals surface area (Å²) < 4.78 is 1.67. The average molecular weight is 163 g/mol. The minimum Gasteiger partial charge on any atom is -0.390 e. The highest BCUT2D eigenvalue weighted by atomic mass is 16.3. The predicted octanol–water partition coefficient (Wildman–Crippen LogP) is 0.530. The lowest BCUT2D eigenvalue weighted by Crippen LogP contribution is -1.91. The van der Waals surface area contributed by atoms with Crippen LogP contribution in [0, 0.1) is 6.92 Å². The van der Waals surface area contributed by atoms with E-state index in [0.29, 0.717) is 5.69 Å². The van der Waals surface area contributed by atoms with Crippen LogP contribution < -0.4 is 0 Å². The Balaban J connectivity index is 2.67. The van der Waals surface area contributed by atoms with E-state index in [1.54, 1.807) is 10.7 Å². The van der Waals surface area contributed by atoms with Gasteiger partial charge in [-0.25, -0.2) is 9.50 Å². The second kappa shape index (κ2) is 2.57. The van der Waals surface area contributed by atoms with Crippen molar-refractivity contribution in [1.29, 1.82) is 0 Å². The molecule has 2 aromatic heterocycles. The number of aliphatic hydroxyl groups excluding tert-OH is 1. The zero-order chi connectivity index (χ0) is 8.55. The highest BCUT2D eigenvalue weighted by Crippen LogP contribution is 2.03. The summed E-state index contributed by atoms with van der Waals surface area (Å²) in [6, 6.07) is 3.77. The van der Waals surface area contributed by atoms with Gasteiger partial charge < -0.3 is 5.11 Å². The van der Waals surface area contributed by atoms with Gasteiger partial charge in [0.2, 0.25) is 0 Å². The maximum Gasteiger partial charge on any atom is 0.153 e. The zero-order valence-electron chi connectivity index (χ0n) is 6.73. The molecule has 4 nitrogen and oxygen atoms in total. The van der Waals surface area contributed by atoms with Crippen molar-refractivity contribution < 1.29 is 5.11 Å². The molecule has 0 unspecified atom stereocenters. The molecule has 0 radical (unpaired) electrons. The van der Waals surface area contributed by atoms with Crippen LogP contribution in [0.25, 0.3) is 5.65 Å². The molecule has 0 aliphatic heterocycles. The van der Waals surface area contributed by atoms with E-state index in [0.717, 1.165) is 11.3 Å². The van der Waals surface area contributed by atoms with Crippen LogP contribution >= 0.6 is 0 Å². The first kappa shape index (κ1) is 7.24. The van der Waals surface area contributed by atoms with E-state index in [4.69, 9.17) is 5.11 Å². The molecule has 2 heterocycles. The normalized spacial score (nSPS) is 10.8. The second-order valence-corrected chi connectivity index (χ2v) is 2.67. The van der Waals surface area contributed by atoms with Crippen LogP contribution in [0.1, 0.15) is 11.4 Å². The Morgan fingerprint density at radius 1 is 1.50 bits per heavy atom. The summed E-state index contributed by atoms with van der Waals surface area (Å²) >= 11 is 0. The monoisotopic (exact) mass is 163 g/mol. The van der Waals surface area contributed by atoms with Crippen molar-refractivity contribution in [2.75, 3.05) is 0 Å². The van der Waals surface area contributed by atoms with Crippen LogP contribution in [0.3, 0.4) is 0 Å². The van der Waals surface area contributed by atoms with E-state index in [2.05, 4.69) is 10.1 Å². The number of hydrogen-bond donors (Lipinski definition) is 1. The summed E-state index contributed by atoms with van der Waals surface area (Å²) in [7, 11) is 0. The minimum absolute atomic E-state index is 0.0393. The Morgan fingerprint density at radius 2 is 2.33 bits per heavy atom. The Kier molecular flexibility index (Phi) is 1.55. The Labute approximate surface area is 69.5 Å². The first-order valence-corrected chi connectivity index (χ1v) is 3.72.